The van der Waals surface area contributed by atoms with Gasteiger partial charge in [0.1, 0.15) is 0 Å². The monoisotopic (exact) mass is 317 g/mol. The van der Waals surface area contributed by atoms with Crippen LogP contribution in [-0.2, 0) is 4.79 Å². The molecule has 2 atom stereocenters. The standard InChI is InChI=1S/C11H12BrNO3S/c1-6-4-13(5-7(6)11(15)16)10(14)8-2-3-9(12)17-8/h2-3,6-7H,4-5H2,1H3,(H,15,16)/t6-,7-/m1/s1. The van der Waals surface area contributed by atoms with E-state index in [1.54, 1.807) is 11.0 Å². The van der Waals surface area contributed by atoms with Gasteiger partial charge in [-0.15, -0.1) is 11.3 Å². The average molecular weight is 318 g/mol. The van der Waals surface area contributed by atoms with Crippen molar-refractivity contribution in [3.63, 3.8) is 0 Å². The van der Waals surface area contributed by atoms with E-state index in [-0.39, 0.29) is 11.8 Å². The number of hydrogen-bond donors (Lipinski definition) is 1. The van der Waals surface area contributed by atoms with Gasteiger partial charge >= 0.3 is 5.97 Å². The summed E-state index contributed by atoms with van der Waals surface area (Å²) in [5.74, 6) is -1.32. The molecule has 0 aromatic carbocycles. The summed E-state index contributed by atoms with van der Waals surface area (Å²) >= 11 is 4.68. The summed E-state index contributed by atoms with van der Waals surface area (Å²) in [5.41, 5.74) is 0. The van der Waals surface area contributed by atoms with E-state index >= 15 is 0 Å². The van der Waals surface area contributed by atoms with Crippen LogP contribution in [0.4, 0.5) is 0 Å². The summed E-state index contributed by atoms with van der Waals surface area (Å²) < 4.78 is 0.905. The smallest absolute Gasteiger partial charge is 0.308 e. The van der Waals surface area contributed by atoms with Gasteiger partial charge in [-0.1, -0.05) is 6.92 Å². The second-order valence-corrected chi connectivity index (χ2v) is 6.70. The molecule has 6 heteroatoms. The Balaban J connectivity index is 2.10. The molecule has 1 fully saturated rings. The summed E-state index contributed by atoms with van der Waals surface area (Å²) in [6, 6.07) is 3.59. The topological polar surface area (TPSA) is 57.6 Å². The lowest BCUT2D eigenvalue weighted by atomic mass is 9.99. The van der Waals surface area contributed by atoms with Crippen LogP contribution in [0.5, 0.6) is 0 Å². The normalized spacial score (nSPS) is 24.0. The third-order valence-electron chi connectivity index (χ3n) is 3.00. The molecule has 2 heterocycles. The highest BCUT2D eigenvalue weighted by molar-refractivity contribution is 9.11. The molecular formula is C11H12BrNO3S. The summed E-state index contributed by atoms with van der Waals surface area (Å²) in [6.45, 7) is 2.70. The van der Waals surface area contributed by atoms with Crippen molar-refractivity contribution in [1.29, 1.82) is 0 Å². The van der Waals surface area contributed by atoms with Gasteiger partial charge in [-0.3, -0.25) is 9.59 Å². The van der Waals surface area contributed by atoms with Crippen molar-refractivity contribution < 1.29 is 14.7 Å². The molecule has 1 aromatic heterocycles. The molecular weight excluding hydrogens is 306 g/mol. The van der Waals surface area contributed by atoms with Crippen molar-refractivity contribution in [2.45, 2.75) is 6.92 Å². The Morgan fingerprint density at radius 2 is 2.18 bits per heavy atom. The molecule has 0 bridgehead atoms. The number of rotatable bonds is 2. The molecule has 1 saturated heterocycles. The first-order chi connectivity index (χ1) is 7.99. The van der Waals surface area contributed by atoms with Crippen molar-refractivity contribution in [3.05, 3.63) is 20.8 Å². The number of halogens is 1. The lowest BCUT2D eigenvalue weighted by Gasteiger charge is -2.14. The first kappa shape index (κ1) is 12.6. The minimum atomic E-state index is -0.819. The third-order valence-corrected chi connectivity index (χ3v) is 4.61. The van der Waals surface area contributed by atoms with Crippen LogP contribution in [0.1, 0.15) is 16.6 Å². The zero-order valence-corrected chi connectivity index (χ0v) is 11.6. The highest BCUT2D eigenvalue weighted by Gasteiger charge is 2.37. The van der Waals surface area contributed by atoms with E-state index < -0.39 is 11.9 Å². The molecule has 4 nitrogen and oxygen atoms in total. The third kappa shape index (κ3) is 2.52. The van der Waals surface area contributed by atoms with Crippen LogP contribution in [0.3, 0.4) is 0 Å². The maximum Gasteiger partial charge on any atom is 0.308 e. The lowest BCUT2D eigenvalue weighted by Crippen LogP contribution is -2.29. The highest BCUT2D eigenvalue weighted by atomic mass is 79.9. The molecule has 1 aromatic rings. The lowest BCUT2D eigenvalue weighted by molar-refractivity contribution is -0.142. The Morgan fingerprint density at radius 1 is 1.47 bits per heavy atom. The van der Waals surface area contributed by atoms with Crippen LogP contribution < -0.4 is 0 Å². The molecule has 0 aliphatic carbocycles. The summed E-state index contributed by atoms with van der Waals surface area (Å²) in [4.78, 5) is 25.3. The largest absolute Gasteiger partial charge is 0.481 e. The predicted octanol–water partition coefficient (Wildman–Crippen LogP) is 2.30. The molecule has 0 radical (unpaired) electrons. The molecule has 2 rings (SSSR count). The fraction of sp³-hybridized carbons (Fsp3) is 0.455. The van der Waals surface area contributed by atoms with Gasteiger partial charge in [0.2, 0.25) is 0 Å². The highest BCUT2D eigenvalue weighted by Crippen LogP contribution is 2.28. The van der Waals surface area contributed by atoms with Gasteiger partial charge < -0.3 is 10.0 Å². The van der Waals surface area contributed by atoms with Gasteiger partial charge in [0.25, 0.3) is 5.91 Å². The van der Waals surface area contributed by atoms with Gasteiger partial charge in [0, 0.05) is 13.1 Å². The molecule has 92 valence electrons. The number of aliphatic carboxylic acids is 1. The fourth-order valence-electron chi connectivity index (χ4n) is 2.04. The Labute approximate surface area is 111 Å². The zero-order valence-electron chi connectivity index (χ0n) is 9.22. The molecule has 0 spiro atoms. The summed E-state index contributed by atoms with van der Waals surface area (Å²) in [7, 11) is 0. The second kappa shape index (κ2) is 4.78. The minimum absolute atomic E-state index is 0.0138. The number of likely N-dealkylation sites (tertiary alicyclic amines) is 1. The van der Waals surface area contributed by atoms with E-state index in [4.69, 9.17) is 5.11 Å². The van der Waals surface area contributed by atoms with Crippen LogP contribution in [-0.4, -0.2) is 35.0 Å². The van der Waals surface area contributed by atoms with Crippen LogP contribution in [0.25, 0.3) is 0 Å². The Hall–Kier alpha value is -0.880. The Bertz CT molecular complexity index is 459. The van der Waals surface area contributed by atoms with Gasteiger partial charge in [0.05, 0.1) is 14.6 Å². The van der Waals surface area contributed by atoms with Gasteiger partial charge in [-0.05, 0) is 34.0 Å². The van der Waals surface area contributed by atoms with E-state index in [1.165, 1.54) is 11.3 Å². The predicted molar refractivity (Wildman–Crippen MR) is 68.2 cm³/mol. The van der Waals surface area contributed by atoms with Crippen LogP contribution in [0, 0.1) is 11.8 Å². The Kier molecular flexibility index (Phi) is 3.53. The van der Waals surface area contributed by atoms with E-state index in [0.717, 1.165) is 3.79 Å². The Morgan fingerprint density at radius 3 is 2.65 bits per heavy atom. The van der Waals surface area contributed by atoms with Crippen molar-refractivity contribution >= 4 is 39.1 Å². The molecule has 1 N–H and O–H groups in total. The van der Waals surface area contributed by atoms with Crippen molar-refractivity contribution in [1.82, 2.24) is 4.90 Å². The maximum atomic E-state index is 12.1. The number of nitrogens with zero attached hydrogens (tertiary/aromatic N) is 1. The number of amides is 1. The molecule has 0 unspecified atom stereocenters. The molecule has 0 saturated carbocycles. The van der Waals surface area contributed by atoms with Crippen molar-refractivity contribution in [2.75, 3.05) is 13.1 Å². The number of carbonyl (C=O) groups is 2. The average Bonchev–Trinajstić information content (AvgIpc) is 2.83. The van der Waals surface area contributed by atoms with Gasteiger partial charge in [0.15, 0.2) is 0 Å². The molecule has 1 amide bonds. The second-order valence-electron chi connectivity index (χ2n) is 4.24. The number of thiophene rings is 1. The number of carbonyl (C=O) groups excluding carboxylic acids is 1. The zero-order chi connectivity index (χ0) is 12.6. The van der Waals surface area contributed by atoms with Gasteiger partial charge in [-0.2, -0.15) is 0 Å². The summed E-state index contributed by atoms with van der Waals surface area (Å²) in [5, 5.41) is 9.02. The van der Waals surface area contributed by atoms with Crippen molar-refractivity contribution in [3.8, 4) is 0 Å². The van der Waals surface area contributed by atoms with E-state index in [1.807, 2.05) is 13.0 Å². The van der Waals surface area contributed by atoms with E-state index in [9.17, 15) is 9.59 Å². The quantitative estimate of drug-likeness (QED) is 0.910. The maximum absolute atomic E-state index is 12.1. The van der Waals surface area contributed by atoms with Crippen LogP contribution >= 0.6 is 27.3 Å². The summed E-state index contributed by atoms with van der Waals surface area (Å²) in [6.07, 6.45) is 0. The van der Waals surface area contributed by atoms with Crippen LogP contribution in [0.2, 0.25) is 0 Å². The number of carboxylic acids is 1. The number of carboxylic acid groups (broad SMARTS) is 1. The van der Waals surface area contributed by atoms with E-state index in [2.05, 4.69) is 15.9 Å². The number of hydrogen-bond acceptors (Lipinski definition) is 3. The first-order valence-electron chi connectivity index (χ1n) is 5.26. The van der Waals surface area contributed by atoms with Gasteiger partial charge in [-0.25, -0.2) is 0 Å². The van der Waals surface area contributed by atoms with E-state index in [0.29, 0.717) is 18.0 Å². The molecule has 17 heavy (non-hydrogen) atoms. The molecule has 1 aliphatic rings. The van der Waals surface area contributed by atoms with Crippen LogP contribution in [0.15, 0.2) is 15.9 Å². The SMILES string of the molecule is C[C@@H]1CN(C(=O)c2ccc(Br)s2)C[C@H]1C(=O)O. The minimum Gasteiger partial charge on any atom is -0.481 e. The first-order valence-corrected chi connectivity index (χ1v) is 6.87. The molecule has 1 aliphatic heterocycles. The van der Waals surface area contributed by atoms with Crippen molar-refractivity contribution in [2.24, 2.45) is 11.8 Å². The fourth-order valence-corrected chi connectivity index (χ4v) is 3.39.